The van der Waals surface area contributed by atoms with Crippen molar-refractivity contribution in [3.8, 4) is 11.5 Å². The predicted molar refractivity (Wildman–Crippen MR) is 57.4 cm³/mol. The first-order valence-electron chi connectivity index (χ1n) is 4.74. The van der Waals surface area contributed by atoms with Crippen LogP contribution in [-0.2, 0) is 0 Å². The van der Waals surface area contributed by atoms with Gasteiger partial charge in [-0.2, -0.15) is 0 Å². The zero-order valence-electron chi connectivity index (χ0n) is 9.03. The smallest absolute Gasteiger partial charge is 0.228 e. The van der Waals surface area contributed by atoms with Gasteiger partial charge in [0, 0.05) is 17.1 Å². The van der Waals surface area contributed by atoms with Gasteiger partial charge < -0.3 is 9.47 Å². The van der Waals surface area contributed by atoms with E-state index in [1.165, 1.54) is 13.4 Å². The van der Waals surface area contributed by atoms with E-state index in [1.54, 1.807) is 12.1 Å². The number of benzene rings is 1. The standard InChI is InChI=1S/C11H11FN2O2/c1-7-8-3-11(16-5-12)10(15-2)4-9(8)14-6-13-7/h3-4,6H,5H2,1-2H3. The van der Waals surface area contributed by atoms with E-state index in [4.69, 9.17) is 9.47 Å². The molecule has 0 aliphatic rings. The molecule has 0 amide bonds. The molecule has 1 aromatic heterocycles. The number of hydrogen-bond acceptors (Lipinski definition) is 4. The molecule has 0 atom stereocenters. The number of aromatic nitrogens is 2. The number of ether oxygens (including phenoxy) is 2. The summed E-state index contributed by atoms with van der Waals surface area (Å²) in [6, 6.07) is 3.39. The average molecular weight is 222 g/mol. The number of rotatable bonds is 3. The summed E-state index contributed by atoms with van der Waals surface area (Å²) in [5.41, 5.74) is 1.56. The van der Waals surface area contributed by atoms with Gasteiger partial charge in [0.1, 0.15) is 6.33 Å². The van der Waals surface area contributed by atoms with Gasteiger partial charge in [0.15, 0.2) is 11.5 Å². The van der Waals surface area contributed by atoms with E-state index in [1.807, 2.05) is 6.92 Å². The first-order valence-corrected chi connectivity index (χ1v) is 4.74. The third kappa shape index (κ3) is 1.76. The molecule has 5 heteroatoms. The molecule has 0 saturated carbocycles. The highest BCUT2D eigenvalue weighted by Gasteiger charge is 2.09. The Morgan fingerprint density at radius 2 is 2.06 bits per heavy atom. The van der Waals surface area contributed by atoms with Crippen molar-refractivity contribution in [1.82, 2.24) is 9.97 Å². The molecule has 0 spiro atoms. The molecule has 0 N–H and O–H groups in total. The van der Waals surface area contributed by atoms with Crippen LogP contribution in [0.3, 0.4) is 0 Å². The Hall–Kier alpha value is -1.91. The third-order valence-electron chi connectivity index (χ3n) is 2.33. The number of methoxy groups -OCH3 is 1. The number of halogens is 1. The third-order valence-corrected chi connectivity index (χ3v) is 2.33. The molecule has 4 nitrogen and oxygen atoms in total. The molecular formula is C11H11FN2O2. The van der Waals surface area contributed by atoms with Crippen LogP contribution in [0.15, 0.2) is 18.5 Å². The Kier molecular flexibility index (Phi) is 2.85. The predicted octanol–water partition coefficient (Wildman–Crippen LogP) is 2.25. The van der Waals surface area contributed by atoms with Crippen LogP contribution < -0.4 is 9.47 Å². The van der Waals surface area contributed by atoms with E-state index in [0.717, 1.165) is 16.6 Å². The number of aryl methyl sites for hydroxylation is 1. The maximum absolute atomic E-state index is 12.2. The molecule has 0 radical (unpaired) electrons. The minimum Gasteiger partial charge on any atom is -0.493 e. The molecule has 0 aliphatic heterocycles. The van der Waals surface area contributed by atoms with Gasteiger partial charge in [-0.1, -0.05) is 0 Å². The molecule has 16 heavy (non-hydrogen) atoms. The number of nitrogens with zero attached hydrogens (tertiary/aromatic N) is 2. The van der Waals surface area contributed by atoms with Crippen LogP contribution in [0.25, 0.3) is 10.9 Å². The maximum Gasteiger partial charge on any atom is 0.228 e. The molecule has 84 valence electrons. The summed E-state index contributed by atoms with van der Waals surface area (Å²) in [6.07, 6.45) is 1.48. The van der Waals surface area contributed by atoms with Gasteiger partial charge >= 0.3 is 0 Å². The minimum atomic E-state index is -0.894. The monoisotopic (exact) mass is 222 g/mol. The SMILES string of the molecule is COc1cc2ncnc(C)c2cc1OCF. The Morgan fingerprint density at radius 1 is 1.25 bits per heavy atom. The maximum atomic E-state index is 12.2. The minimum absolute atomic E-state index is 0.357. The second-order valence-electron chi connectivity index (χ2n) is 3.23. The van der Waals surface area contributed by atoms with Gasteiger partial charge in [-0.25, -0.2) is 14.4 Å². The summed E-state index contributed by atoms with van der Waals surface area (Å²) in [4.78, 5) is 8.17. The normalized spacial score (nSPS) is 10.4. The second kappa shape index (κ2) is 4.30. The number of hydrogen-bond donors (Lipinski definition) is 0. The second-order valence-corrected chi connectivity index (χ2v) is 3.23. The highest BCUT2D eigenvalue weighted by Crippen LogP contribution is 2.32. The van der Waals surface area contributed by atoms with Gasteiger partial charge in [0.2, 0.25) is 6.86 Å². The lowest BCUT2D eigenvalue weighted by molar-refractivity contribution is 0.185. The average Bonchev–Trinajstić information content (AvgIpc) is 2.30. The molecule has 0 fully saturated rings. The highest BCUT2D eigenvalue weighted by atomic mass is 19.1. The van der Waals surface area contributed by atoms with Crippen LogP contribution in [0.1, 0.15) is 5.69 Å². The summed E-state index contributed by atoms with van der Waals surface area (Å²) in [5, 5.41) is 0.826. The first-order chi connectivity index (χ1) is 7.76. The van der Waals surface area contributed by atoms with Gasteiger partial charge in [0.25, 0.3) is 0 Å². The largest absolute Gasteiger partial charge is 0.493 e. The molecular weight excluding hydrogens is 211 g/mol. The van der Waals surface area contributed by atoms with E-state index in [-0.39, 0.29) is 0 Å². The Balaban J connectivity index is 2.65. The van der Waals surface area contributed by atoms with E-state index < -0.39 is 6.86 Å². The van der Waals surface area contributed by atoms with Gasteiger partial charge in [0.05, 0.1) is 12.6 Å². The Morgan fingerprint density at radius 3 is 2.75 bits per heavy atom. The lowest BCUT2D eigenvalue weighted by atomic mass is 10.2. The van der Waals surface area contributed by atoms with Crippen LogP contribution in [-0.4, -0.2) is 23.9 Å². The van der Waals surface area contributed by atoms with Crippen molar-refractivity contribution in [1.29, 1.82) is 0 Å². The van der Waals surface area contributed by atoms with Crippen molar-refractivity contribution < 1.29 is 13.9 Å². The van der Waals surface area contributed by atoms with E-state index in [9.17, 15) is 4.39 Å². The van der Waals surface area contributed by atoms with E-state index in [2.05, 4.69) is 9.97 Å². The quantitative estimate of drug-likeness (QED) is 0.799. The van der Waals surface area contributed by atoms with Crippen molar-refractivity contribution in [2.75, 3.05) is 14.0 Å². The van der Waals surface area contributed by atoms with Gasteiger partial charge in [-0.05, 0) is 13.0 Å². The lowest BCUT2D eigenvalue weighted by Gasteiger charge is -2.09. The molecule has 0 aliphatic carbocycles. The van der Waals surface area contributed by atoms with E-state index >= 15 is 0 Å². The molecule has 1 aromatic carbocycles. The summed E-state index contributed by atoms with van der Waals surface area (Å²) in [5.74, 6) is 0.818. The van der Waals surface area contributed by atoms with Crippen LogP contribution in [0.5, 0.6) is 11.5 Å². The molecule has 0 unspecified atom stereocenters. The van der Waals surface area contributed by atoms with Crippen LogP contribution in [0, 0.1) is 6.92 Å². The van der Waals surface area contributed by atoms with Gasteiger partial charge in [-0.15, -0.1) is 0 Å². The van der Waals surface area contributed by atoms with Crippen molar-refractivity contribution in [3.63, 3.8) is 0 Å². The fraction of sp³-hybridized carbons (Fsp3) is 0.273. The van der Waals surface area contributed by atoms with Crippen LogP contribution in [0.4, 0.5) is 4.39 Å². The fourth-order valence-electron chi connectivity index (χ4n) is 1.52. The Bertz CT molecular complexity index is 517. The summed E-state index contributed by atoms with van der Waals surface area (Å²) >= 11 is 0. The first kappa shape index (κ1) is 10.6. The Labute approximate surface area is 92.0 Å². The topological polar surface area (TPSA) is 44.2 Å². The summed E-state index contributed by atoms with van der Waals surface area (Å²) in [6.45, 7) is 0.963. The fourth-order valence-corrected chi connectivity index (χ4v) is 1.52. The zero-order chi connectivity index (χ0) is 11.5. The molecule has 2 aromatic rings. The van der Waals surface area contributed by atoms with Crippen molar-refractivity contribution in [2.24, 2.45) is 0 Å². The van der Waals surface area contributed by atoms with Crippen molar-refractivity contribution in [2.45, 2.75) is 6.92 Å². The van der Waals surface area contributed by atoms with Crippen LogP contribution in [0.2, 0.25) is 0 Å². The van der Waals surface area contributed by atoms with Gasteiger partial charge in [-0.3, -0.25) is 0 Å². The summed E-state index contributed by atoms with van der Waals surface area (Å²) in [7, 11) is 1.50. The number of alkyl halides is 1. The molecule has 0 bridgehead atoms. The van der Waals surface area contributed by atoms with Crippen LogP contribution >= 0.6 is 0 Å². The lowest BCUT2D eigenvalue weighted by Crippen LogP contribution is -1.96. The van der Waals surface area contributed by atoms with E-state index in [0.29, 0.717) is 11.5 Å². The molecule has 2 rings (SSSR count). The van der Waals surface area contributed by atoms with Crippen molar-refractivity contribution >= 4 is 10.9 Å². The van der Waals surface area contributed by atoms with Crippen molar-refractivity contribution in [3.05, 3.63) is 24.2 Å². The molecule has 1 heterocycles. The molecule has 0 saturated heterocycles. The zero-order valence-corrected chi connectivity index (χ0v) is 9.03. The summed E-state index contributed by atoms with van der Waals surface area (Å²) < 4.78 is 22.1. The highest BCUT2D eigenvalue weighted by molar-refractivity contribution is 5.84. The number of fused-ring (bicyclic) bond motifs is 1.